The number of phosphoric ester groups is 1. The molecule has 11 heteroatoms. The summed E-state index contributed by atoms with van der Waals surface area (Å²) in [5, 5.41) is 21.6. The smallest absolute Gasteiger partial charge is 0.507 e. The van der Waals surface area contributed by atoms with Gasteiger partial charge < -0.3 is 24.1 Å². The fourth-order valence-electron chi connectivity index (χ4n) is 3.99. The van der Waals surface area contributed by atoms with E-state index in [1.165, 1.54) is 0 Å². The molecule has 1 aliphatic rings. The van der Waals surface area contributed by atoms with Gasteiger partial charge in [-0.05, 0) is 32.1 Å². The second kappa shape index (κ2) is 8.51. The van der Waals surface area contributed by atoms with E-state index in [2.05, 4.69) is 4.52 Å². The van der Waals surface area contributed by atoms with E-state index >= 15 is 0 Å². The van der Waals surface area contributed by atoms with E-state index in [1.807, 2.05) is 0 Å². The number of β-amino-alcohol motifs (C(OH)–C–C–N with tert-alkyl or cyclic N) is 1. The monoisotopic (exact) mass is 482 g/mol. The van der Waals surface area contributed by atoms with Gasteiger partial charge in [-0.3, -0.25) is 14.6 Å². The molecule has 0 unspecified atom stereocenters. The molecule has 1 saturated heterocycles. The second-order valence-electron chi connectivity index (χ2n) is 7.59. The zero-order valence-electron chi connectivity index (χ0n) is 17.6. The Balaban J connectivity index is 2.00. The van der Waals surface area contributed by atoms with Crippen molar-refractivity contribution < 1.29 is 34.9 Å². The number of hydrogen-bond acceptors (Lipinski definition) is 7. The molecule has 2 heterocycles. The van der Waals surface area contributed by atoms with Gasteiger partial charge in [0.05, 0.1) is 11.1 Å². The maximum absolute atomic E-state index is 13.1. The number of piperidine rings is 1. The lowest BCUT2D eigenvalue weighted by Gasteiger charge is -2.34. The van der Waals surface area contributed by atoms with E-state index in [0.29, 0.717) is 23.6 Å². The third-order valence-corrected chi connectivity index (χ3v) is 6.14. The number of hydrogen-bond donors (Lipinski definition) is 4. The highest BCUT2D eigenvalue weighted by molar-refractivity contribution is 7.46. The standard InChI is InChI=1S/C21H21ClNO8P/c1-23-7-6-12(16(26)10-23)19-14(24)9-18(31-32(27,28)29)20-15(25)8-17(30-21(19)20)11-4-2-3-5-13(11)22/h2-5,8-9,12,16,24,26H,6-7,10H2,1H3,(H2,27,28,29)/t12-,16+/m0/s1/i1D. The van der Waals surface area contributed by atoms with Crippen LogP contribution in [-0.2, 0) is 4.57 Å². The summed E-state index contributed by atoms with van der Waals surface area (Å²) in [6.45, 7) is 0.631. The number of rotatable bonds is 4. The maximum atomic E-state index is 13.1. The predicted octanol–water partition coefficient (Wildman–Crippen LogP) is 3.07. The van der Waals surface area contributed by atoms with Crippen molar-refractivity contribution in [3.8, 4) is 22.8 Å². The molecular weight excluding hydrogens is 461 g/mol. The Morgan fingerprint density at radius 3 is 2.72 bits per heavy atom. The lowest BCUT2D eigenvalue weighted by atomic mass is 9.85. The van der Waals surface area contributed by atoms with Crippen molar-refractivity contribution in [1.82, 2.24) is 4.90 Å². The van der Waals surface area contributed by atoms with Crippen LogP contribution in [0.1, 0.15) is 19.3 Å². The fraction of sp³-hybridized carbons (Fsp3) is 0.286. The quantitative estimate of drug-likeness (QED) is 0.413. The zero-order chi connectivity index (χ0) is 23.9. The van der Waals surface area contributed by atoms with Gasteiger partial charge in [-0.1, -0.05) is 23.7 Å². The van der Waals surface area contributed by atoms with Gasteiger partial charge in [0.2, 0.25) is 0 Å². The molecule has 2 atom stereocenters. The molecule has 1 aliphatic heterocycles. The Kier molecular flexibility index (Phi) is 5.71. The van der Waals surface area contributed by atoms with Gasteiger partial charge in [0, 0.05) is 37.1 Å². The first-order chi connectivity index (χ1) is 15.6. The fourth-order valence-corrected chi connectivity index (χ4v) is 4.62. The van der Waals surface area contributed by atoms with Gasteiger partial charge in [-0.25, -0.2) is 4.57 Å². The van der Waals surface area contributed by atoms with Gasteiger partial charge in [-0.2, -0.15) is 0 Å². The predicted molar refractivity (Wildman–Crippen MR) is 118 cm³/mol. The number of likely N-dealkylation sites (N-methyl/N-ethyl adjacent to an activating group) is 1. The number of phosphoric acid groups is 1. The highest BCUT2D eigenvalue weighted by atomic mass is 35.5. The number of likely N-dealkylation sites (tertiary alicyclic amines) is 1. The Morgan fingerprint density at radius 1 is 1.31 bits per heavy atom. The van der Waals surface area contributed by atoms with Gasteiger partial charge >= 0.3 is 7.82 Å². The van der Waals surface area contributed by atoms with Gasteiger partial charge in [-0.15, -0.1) is 0 Å². The highest BCUT2D eigenvalue weighted by Gasteiger charge is 2.34. The zero-order valence-corrected chi connectivity index (χ0v) is 18.3. The number of nitrogens with zero attached hydrogens (tertiary/aromatic N) is 1. The highest BCUT2D eigenvalue weighted by Crippen LogP contribution is 2.47. The lowest BCUT2D eigenvalue weighted by Crippen LogP contribution is -2.40. The van der Waals surface area contributed by atoms with Crippen LogP contribution >= 0.6 is 19.4 Å². The van der Waals surface area contributed by atoms with E-state index in [4.69, 9.17) is 17.4 Å². The molecule has 0 bridgehead atoms. The molecule has 1 fully saturated rings. The van der Waals surface area contributed by atoms with Gasteiger partial charge in [0.1, 0.15) is 28.2 Å². The first-order valence-electron chi connectivity index (χ1n) is 10.3. The number of fused-ring (bicyclic) bond motifs is 1. The number of aromatic hydroxyl groups is 1. The molecular formula is C21H21ClNO8P. The second-order valence-corrected chi connectivity index (χ2v) is 9.16. The lowest BCUT2D eigenvalue weighted by molar-refractivity contribution is 0.0630. The van der Waals surface area contributed by atoms with E-state index in [0.717, 1.165) is 12.1 Å². The van der Waals surface area contributed by atoms with Crippen LogP contribution in [0, 0.1) is 0 Å². The molecule has 9 nitrogen and oxygen atoms in total. The molecule has 0 radical (unpaired) electrons. The normalized spacial score (nSPS) is 20.3. The molecule has 2 aromatic carbocycles. The first-order valence-corrected chi connectivity index (χ1v) is 11.5. The Morgan fingerprint density at radius 2 is 2.06 bits per heavy atom. The third-order valence-electron chi connectivity index (χ3n) is 5.38. The summed E-state index contributed by atoms with van der Waals surface area (Å²) in [5.74, 6) is -1.58. The summed E-state index contributed by atoms with van der Waals surface area (Å²) in [4.78, 5) is 33.4. The molecule has 0 saturated carbocycles. The minimum absolute atomic E-state index is 0.00267. The topological polar surface area (TPSA) is 141 Å². The van der Waals surface area contributed by atoms with Crippen LogP contribution in [0.25, 0.3) is 22.3 Å². The number of phenols is 1. The largest absolute Gasteiger partial charge is 0.524 e. The molecule has 0 spiro atoms. The summed E-state index contributed by atoms with van der Waals surface area (Å²) >= 11 is 6.25. The van der Waals surface area contributed by atoms with Gasteiger partial charge in [0.15, 0.2) is 5.43 Å². The minimum Gasteiger partial charge on any atom is -0.507 e. The average Bonchev–Trinajstić information content (AvgIpc) is 2.73. The van der Waals surface area contributed by atoms with E-state index in [9.17, 15) is 29.4 Å². The Labute approximate surface area is 189 Å². The summed E-state index contributed by atoms with van der Waals surface area (Å²) in [7, 11) is -5.07. The van der Waals surface area contributed by atoms with E-state index in [1.54, 1.807) is 29.2 Å². The molecule has 4 N–H and O–H groups in total. The molecule has 4 rings (SSSR count). The minimum atomic E-state index is -5.07. The van der Waals surface area contributed by atoms with Crippen LogP contribution in [-0.4, -0.2) is 51.1 Å². The van der Waals surface area contributed by atoms with Gasteiger partial charge in [0.25, 0.3) is 0 Å². The van der Waals surface area contributed by atoms with Crippen LogP contribution in [0.2, 0.25) is 5.02 Å². The molecule has 170 valence electrons. The summed E-state index contributed by atoms with van der Waals surface area (Å²) in [6, 6.07) is 8.68. The van der Waals surface area contributed by atoms with Crippen molar-refractivity contribution in [3.05, 3.63) is 57.2 Å². The number of aliphatic hydroxyl groups excluding tert-OH is 1. The molecule has 1 aromatic heterocycles. The SMILES string of the molecule is [2H]CN1CC[C@H](c2c(O)cc(OP(=O)(O)O)c3c(=O)cc(-c4ccccc4Cl)oc23)[C@H](O)C1. The number of halogens is 1. The maximum Gasteiger partial charge on any atom is 0.524 e. The van der Waals surface area contributed by atoms with Crippen molar-refractivity contribution in [2.24, 2.45) is 0 Å². The van der Waals surface area contributed by atoms with Crippen LogP contribution in [0.15, 0.2) is 45.6 Å². The summed E-state index contributed by atoms with van der Waals surface area (Å²) in [5.41, 5.74) is -0.320. The molecule has 0 aliphatic carbocycles. The van der Waals surface area contributed by atoms with Crippen molar-refractivity contribution in [2.45, 2.75) is 18.4 Å². The van der Waals surface area contributed by atoms with Crippen LogP contribution in [0.4, 0.5) is 0 Å². The van der Waals surface area contributed by atoms with Crippen molar-refractivity contribution in [1.29, 1.82) is 0 Å². The number of benzene rings is 2. The first kappa shape index (κ1) is 21.5. The number of aliphatic hydroxyl groups is 1. The van der Waals surface area contributed by atoms with Crippen molar-refractivity contribution >= 4 is 30.4 Å². The summed E-state index contributed by atoms with van der Waals surface area (Å²) < 4.78 is 29.7. The van der Waals surface area contributed by atoms with E-state index < -0.39 is 36.8 Å². The summed E-state index contributed by atoms with van der Waals surface area (Å²) in [6.07, 6.45) is -0.637. The van der Waals surface area contributed by atoms with Crippen molar-refractivity contribution in [3.63, 3.8) is 0 Å². The van der Waals surface area contributed by atoms with Crippen LogP contribution < -0.4 is 9.95 Å². The molecule has 3 aromatic rings. The number of phenolic OH excluding ortho intramolecular Hbond substituents is 1. The third kappa shape index (κ3) is 4.41. The molecule has 0 amide bonds. The molecule has 32 heavy (non-hydrogen) atoms. The Hall–Kier alpha value is -2.39. The van der Waals surface area contributed by atoms with E-state index in [-0.39, 0.29) is 35.9 Å². The average molecular weight is 483 g/mol. The Bertz CT molecular complexity index is 1310. The van der Waals surface area contributed by atoms with Crippen LogP contribution in [0.5, 0.6) is 11.5 Å². The van der Waals surface area contributed by atoms with Crippen molar-refractivity contribution in [2.75, 3.05) is 20.1 Å². The van der Waals surface area contributed by atoms with Crippen LogP contribution in [0.3, 0.4) is 0 Å².